The van der Waals surface area contributed by atoms with E-state index in [0.29, 0.717) is 41.0 Å². The van der Waals surface area contributed by atoms with Crippen molar-refractivity contribution in [3.63, 3.8) is 0 Å². The van der Waals surface area contributed by atoms with Crippen LogP contribution in [0.1, 0.15) is 41.8 Å². The number of piperidine rings is 1. The van der Waals surface area contributed by atoms with Crippen molar-refractivity contribution in [2.75, 3.05) is 13.1 Å². The van der Waals surface area contributed by atoms with Crippen LogP contribution in [0.4, 0.5) is 0 Å². The molecule has 1 saturated heterocycles. The van der Waals surface area contributed by atoms with Crippen LogP contribution in [-0.4, -0.2) is 33.4 Å². The first-order valence-corrected chi connectivity index (χ1v) is 11.0. The highest BCUT2D eigenvalue weighted by Gasteiger charge is 2.33. The van der Waals surface area contributed by atoms with E-state index in [1.54, 1.807) is 12.1 Å². The molecule has 1 aromatic heterocycles. The van der Waals surface area contributed by atoms with E-state index in [9.17, 15) is 9.90 Å². The summed E-state index contributed by atoms with van der Waals surface area (Å²) in [4.78, 5) is 15.5. The largest absolute Gasteiger partial charge is 0.507 e. The summed E-state index contributed by atoms with van der Waals surface area (Å²) < 4.78 is 8.15. The third-order valence-electron chi connectivity index (χ3n) is 6.46. The number of para-hydroxylation sites is 1. The first-order valence-electron chi connectivity index (χ1n) is 11.0. The number of aromatic nitrogens is 1. The molecule has 5 rings (SSSR count). The van der Waals surface area contributed by atoms with Gasteiger partial charge in [-0.3, -0.25) is 9.69 Å². The molecule has 2 aliphatic rings. The minimum Gasteiger partial charge on any atom is -0.507 e. The zero-order chi connectivity index (χ0) is 21.7. The summed E-state index contributed by atoms with van der Waals surface area (Å²) in [5.41, 5.74) is 3.27. The first-order chi connectivity index (χ1) is 14.9. The monoisotopic (exact) mass is 416 g/mol. The molecule has 0 spiro atoms. The van der Waals surface area contributed by atoms with Gasteiger partial charge < -0.3 is 14.4 Å². The number of aryl methyl sites for hydroxylation is 1. The molecule has 31 heavy (non-hydrogen) atoms. The number of phenolic OH excluding ortho intramolecular Hbond substituents is 1. The molecule has 3 heterocycles. The van der Waals surface area contributed by atoms with Crippen LogP contribution >= 0.6 is 0 Å². The number of carbonyl (C=O) groups excluding carboxylic acids is 1. The van der Waals surface area contributed by atoms with Crippen LogP contribution in [0.15, 0.2) is 48.4 Å². The molecule has 1 N–H and O–H groups in total. The maximum absolute atomic E-state index is 13.1. The van der Waals surface area contributed by atoms with Gasteiger partial charge in [-0.15, -0.1) is 0 Å². The summed E-state index contributed by atoms with van der Waals surface area (Å²) >= 11 is 0. The Balaban J connectivity index is 1.49. The van der Waals surface area contributed by atoms with Crippen molar-refractivity contribution in [2.45, 2.75) is 26.8 Å². The van der Waals surface area contributed by atoms with Crippen LogP contribution < -0.4 is 4.74 Å². The van der Waals surface area contributed by atoms with Crippen LogP contribution in [-0.2, 0) is 13.6 Å². The average molecular weight is 417 g/mol. The van der Waals surface area contributed by atoms with Gasteiger partial charge in [0.05, 0.1) is 11.1 Å². The summed E-state index contributed by atoms with van der Waals surface area (Å²) in [6.07, 6.45) is 5.05. The average Bonchev–Trinajstić information content (AvgIpc) is 3.21. The number of benzene rings is 2. The molecule has 0 unspecified atom stereocenters. The lowest BCUT2D eigenvalue weighted by atomic mass is 9.91. The van der Waals surface area contributed by atoms with E-state index < -0.39 is 0 Å². The van der Waals surface area contributed by atoms with Gasteiger partial charge in [-0.1, -0.05) is 32.0 Å². The molecule has 160 valence electrons. The van der Waals surface area contributed by atoms with Crippen molar-refractivity contribution in [3.8, 4) is 11.5 Å². The molecule has 0 aliphatic carbocycles. The van der Waals surface area contributed by atoms with Gasteiger partial charge in [-0.25, -0.2) is 0 Å². The number of phenols is 1. The predicted octanol–water partition coefficient (Wildman–Crippen LogP) is 4.98. The van der Waals surface area contributed by atoms with E-state index in [2.05, 4.69) is 24.8 Å². The van der Waals surface area contributed by atoms with Gasteiger partial charge in [0, 0.05) is 49.3 Å². The Hall–Kier alpha value is -3.05. The van der Waals surface area contributed by atoms with Crippen molar-refractivity contribution >= 4 is 22.8 Å². The standard InChI is InChI=1S/C26H28N2O3/c1-16-10-17(2)13-28(12-16)15-21-23(29)9-8-20-25(30)24(31-26(20)21)11-18-14-27(3)22-7-5-4-6-19(18)22/h4-9,11,14,16-17,29H,10,12-13,15H2,1-3H3/b24-11+/t16-,17-/m0/s1. The number of ether oxygens (including phenoxy) is 1. The molecule has 2 aromatic carbocycles. The van der Waals surface area contributed by atoms with Gasteiger partial charge in [-0.05, 0) is 42.5 Å². The Bertz CT molecular complexity index is 1200. The van der Waals surface area contributed by atoms with Crippen LogP contribution in [0.25, 0.3) is 17.0 Å². The minimum atomic E-state index is -0.135. The normalized spacial score (nSPS) is 22.8. The molecule has 0 bridgehead atoms. The lowest BCUT2D eigenvalue weighted by Crippen LogP contribution is -2.38. The number of hydrogen-bond donors (Lipinski definition) is 1. The van der Waals surface area contributed by atoms with E-state index in [1.807, 2.05) is 42.1 Å². The molecule has 1 fully saturated rings. The second-order valence-electron chi connectivity index (χ2n) is 9.23. The molecule has 3 aromatic rings. The number of Topliss-reactive ketones (excluding diaryl/α,β-unsaturated/α-hetero) is 1. The second kappa shape index (κ2) is 7.57. The van der Waals surface area contributed by atoms with Crippen molar-refractivity contribution in [1.29, 1.82) is 0 Å². The highest BCUT2D eigenvalue weighted by molar-refractivity contribution is 6.15. The predicted molar refractivity (Wildman–Crippen MR) is 122 cm³/mol. The fraction of sp³-hybridized carbons (Fsp3) is 0.346. The Morgan fingerprint density at radius 2 is 1.87 bits per heavy atom. The lowest BCUT2D eigenvalue weighted by molar-refractivity contribution is 0.101. The van der Waals surface area contributed by atoms with Crippen molar-refractivity contribution in [3.05, 3.63) is 65.0 Å². The van der Waals surface area contributed by atoms with Crippen LogP contribution in [0, 0.1) is 11.8 Å². The van der Waals surface area contributed by atoms with Gasteiger partial charge in [-0.2, -0.15) is 0 Å². The fourth-order valence-corrected chi connectivity index (χ4v) is 5.22. The molecule has 2 atom stereocenters. The molecule has 5 heteroatoms. The number of carbonyl (C=O) groups is 1. The topological polar surface area (TPSA) is 54.7 Å². The smallest absolute Gasteiger partial charge is 0.231 e. The van der Waals surface area contributed by atoms with E-state index in [0.717, 1.165) is 29.6 Å². The molecule has 0 radical (unpaired) electrons. The van der Waals surface area contributed by atoms with Crippen molar-refractivity contribution < 1.29 is 14.6 Å². The van der Waals surface area contributed by atoms with E-state index in [1.165, 1.54) is 6.42 Å². The van der Waals surface area contributed by atoms with Crippen molar-refractivity contribution in [1.82, 2.24) is 9.47 Å². The summed E-state index contributed by atoms with van der Waals surface area (Å²) in [7, 11) is 1.99. The van der Waals surface area contributed by atoms with Gasteiger partial charge in [0.25, 0.3) is 0 Å². The van der Waals surface area contributed by atoms with Crippen LogP contribution in [0.3, 0.4) is 0 Å². The second-order valence-corrected chi connectivity index (χ2v) is 9.23. The van der Waals surface area contributed by atoms with Gasteiger partial charge in [0.15, 0.2) is 5.76 Å². The Morgan fingerprint density at radius 3 is 2.65 bits per heavy atom. The maximum atomic E-state index is 13.1. The zero-order valence-corrected chi connectivity index (χ0v) is 18.3. The number of fused-ring (bicyclic) bond motifs is 2. The summed E-state index contributed by atoms with van der Waals surface area (Å²) in [5, 5.41) is 11.7. The third-order valence-corrected chi connectivity index (χ3v) is 6.46. The number of rotatable bonds is 3. The Labute approximate surface area is 182 Å². The van der Waals surface area contributed by atoms with Gasteiger partial charge in [0.1, 0.15) is 11.5 Å². The number of aromatic hydroxyl groups is 1. The maximum Gasteiger partial charge on any atom is 0.231 e. The highest BCUT2D eigenvalue weighted by Crippen LogP contribution is 2.41. The summed E-state index contributed by atoms with van der Waals surface area (Å²) in [6, 6.07) is 11.4. The number of likely N-dealkylation sites (tertiary alicyclic amines) is 1. The Kier molecular flexibility index (Phi) is 4.86. The third kappa shape index (κ3) is 3.53. The molecule has 0 amide bonds. The van der Waals surface area contributed by atoms with Crippen LogP contribution in [0.5, 0.6) is 11.5 Å². The summed E-state index contributed by atoms with van der Waals surface area (Å²) in [5.74, 6) is 2.09. The lowest BCUT2D eigenvalue weighted by Gasteiger charge is -2.35. The highest BCUT2D eigenvalue weighted by atomic mass is 16.5. The fourth-order valence-electron chi connectivity index (χ4n) is 5.22. The molecule has 5 nitrogen and oxygen atoms in total. The van der Waals surface area contributed by atoms with Gasteiger partial charge in [0.2, 0.25) is 5.78 Å². The number of nitrogens with zero attached hydrogens (tertiary/aromatic N) is 2. The quantitative estimate of drug-likeness (QED) is 0.612. The van der Waals surface area contributed by atoms with Crippen molar-refractivity contribution in [2.24, 2.45) is 18.9 Å². The molecular formula is C26H28N2O3. The SMILES string of the molecule is C[C@H]1C[C@H](C)CN(Cc2c(O)ccc3c2O/C(=C/c2cn(C)c4ccccc24)C3=O)C1. The number of ketones is 1. The van der Waals surface area contributed by atoms with Gasteiger partial charge >= 0.3 is 0 Å². The molecule has 2 aliphatic heterocycles. The van der Waals surface area contributed by atoms with E-state index in [-0.39, 0.29) is 11.5 Å². The van der Waals surface area contributed by atoms with E-state index in [4.69, 9.17) is 4.74 Å². The first kappa shape index (κ1) is 19.9. The molecular weight excluding hydrogens is 388 g/mol. The summed E-state index contributed by atoms with van der Waals surface area (Å²) in [6.45, 7) is 7.09. The zero-order valence-electron chi connectivity index (χ0n) is 18.3. The number of allylic oxidation sites excluding steroid dienone is 1. The minimum absolute atomic E-state index is 0.135. The Morgan fingerprint density at radius 1 is 1.13 bits per heavy atom. The van der Waals surface area contributed by atoms with E-state index >= 15 is 0 Å². The number of hydrogen-bond acceptors (Lipinski definition) is 4. The molecule has 0 saturated carbocycles. The van der Waals surface area contributed by atoms with Crippen LogP contribution in [0.2, 0.25) is 0 Å².